The molecule has 0 radical (unpaired) electrons. The Morgan fingerprint density at radius 3 is 2.48 bits per heavy atom. The van der Waals surface area contributed by atoms with Crippen LogP contribution in [-0.4, -0.2) is 53.6 Å². The van der Waals surface area contributed by atoms with Gasteiger partial charge in [-0.1, -0.05) is 44.2 Å². The second-order valence-corrected chi connectivity index (χ2v) is 9.21. The van der Waals surface area contributed by atoms with Crippen molar-refractivity contribution in [2.24, 2.45) is 0 Å². The summed E-state index contributed by atoms with van der Waals surface area (Å²) < 4.78 is 5.72. The maximum atomic E-state index is 12.5. The number of pyridine rings is 1. The molecule has 1 fully saturated rings. The van der Waals surface area contributed by atoms with E-state index in [1.807, 2.05) is 29.2 Å². The van der Waals surface area contributed by atoms with Crippen molar-refractivity contribution in [3.8, 4) is 5.75 Å². The molecule has 0 N–H and O–H groups in total. The van der Waals surface area contributed by atoms with E-state index < -0.39 is 0 Å². The molecule has 3 heterocycles. The molecular weight excluding hydrogens is 384 g/mol. The van der Waals surface area contributed by atoms with Gasteiger partial charge < -0.3 is 14.5 Å². The number of amides is 1. The Labute approximate surface area is 175 Å². The molecular formula is C22H26N4O2S. The van der Waals surface area contributed by atoms with Gasteiger partial charge in [0.2, 0.25) is 0 Å². The smallest absolute Gasteiger partial charge is 0.260 e. The lowest BCUT2D eigenvalue weighted by atomic mass is 9.87. The van der Waals surface area contributed by atoms with Crippen molar-refractivity contribution in [1.29, 1.82) is 0 Å². The topological polar surface area (TPSA) is 58.6 Å². The minimum absolute atomic E-state index is 0.0236. The van der Waals surface area contributed by atoms with Gasteiger partial charge in [0, 0.05) is 32.4 Å². The summed E-state index contributed by atoms with van der Waals surface area (Å²) in [7, 11) is 0. The highest BCUT2D eigenvalue weighted by Gasteiger charge is 2.23. The van der Waals surface area contributed by atoms with E-state index in [1.54, 1.807) is 17.5 Å². The van der Waals surface area contributed by atoms with Crippen LogP contribution >= 0.6 is 11.3 Å². The lowest BCUT2D eigenvalue weighted by molar-refractivity contribution is -0.133. The number of piperazine rings is 1. The molecule has 29 heavy (non-hydrogen) atoms. The van der Waals surface area contributed by atoms with E-state index in [9.17, 15) is 4.79 Å². The van der Waals surface area contributed by atoms with Crippen molar-refractivity contribution in [2.45, 2.75) is 26.2 Å². The van der Waals surface area contributed by atoms with E-state index >= 15 is 0 Å². The maximum Gasteiger partial charge on any atom is 0.260 e. The summed E-state index contributed by atoms with van der Waals surface area (Å²) >= 11 is 1.60. The third kappa shape index (κ3) is 4.50. The molecule has 3 aromatic rings. The fourth-order valence-corrected chi connectivity index (χ4v) is 4.29. The molecule has 0 aliphatic carbocycles. The Morgan fingerprint density at radius 2 is 1.83 bits per heavy atom. The zero-order chi connectivity index (χ0) is 20.4. The van der Waals surface area contributed by atoms with Gasteiger partial charge in [0.15, 0.2) is 11.7 Å². The Balaban J connectivity index is 1.28. The Bertz CT molecular complexity index is 953. The molecule has 1 aliphatic heterocycles. The molecule has 1 amide bonds. The number of carbonyl (C=O) groups is 1. The van der Waals surface area contributed by atoms with Crippen LogP contribution < -0.4 is 9.64 Å². The molecule has 0 unspecified atom stereocenters. The summed E-state index contributed by atoms with van der Waals surface area (Å²) in [4.78, 5) is 26.6. The number of rotatable bonds is 4. The first kappa shape index (κ1) is 19.6. The van der Waals surface area contributed by atoms with Gasteiger partial charge in [-0.25, -0.2) is 9.97 Å². The van der Waals surface area contributed by atoms with Gasteiger partial charge in [0.25, 0.3) is 5.91 Å². The number of anilines is 1. The van der Waals surface area contributed by atoms with Gasteiger partial charge in [-0.2, -0.15) is 0 Å². The number of carbonyl (C=O) groups excluding carboxylic acids is 1. The average molecular weight is 411 g/mol. The highest BCUT2D eigenvalue weighted by Crippen LogP contribution is 2.28. The van der Waals surface area contributed by atoms with Crippen LogP contribution in [-0.2, 0) is 10.2 Å². The highest BCUT2D eigenvalue weighted by atomic mass is 32.1. The molecule has 0 bridgehead atoms. The molecule has 0 spiro atoms. The van der Waals surface area contributed by atoms with Crippen LogP contribution in [0.4, 0.5) is 5.13 Å². The van der Waals surface area contributed by atoms with E-state index in [0.717, 1.165) is 34.3 Å². The van der Waals surface area contributed by atoms with Crippen LogP contribution in [0.5, 0.6) is 5.75 Å². The van der Waals surface area contributed by atoms with Crippen molar-refractivity contribution in [3.05, 3.63) is 48.2 Å². The molecule has 0 atom stereocenters. The third-order valence-corrected chi connectivity index (χ3v) is 6.18. The molecule has 7 heteroatoms. The van der Waals surface area contributed by atoms with Gasteiger partial charge in [0.05, 0.1) is 0 Å². The lowest BCUT2D eigenvalue weighted by Gasteiger charge is -2.34. The van der Waals surface area contributed by atoms with E-state index in [1.165, 1.54) is 5.56 Å². The van der Waals surface area contributed by atoms with E-state index in [0.29, 0.717) is 13.1 Å². The Kier molecular flexibility index (Phi) is 5.41. The first-order chi connectivity index (χ1) is 13.9. The predicted molar refractivity (Wildman–Crippen MR) is 117 cm³/mol. The van der Waals surface area contributed by atoms with E-state index in [4.69, 9.17) is 4.74 Å². The largest absolute Gasteiger partial charge is 0.484 e. The van der Waals surface area contributed by atoms with Crippen molar-refractivity contribution in [3.63, 3.8) is 0 Å². The Morgan fingerprint density at radius 1 is 1.10 bits per heavy atom. The number of benzene rings is 1. The standard InChI is InChI=1S/C22H26N4O2S/c1-22(2,3)16-6-8-17(9-7-16)28-15-19(27)25-11-13-26(14-12-25)21-24-18-5-4-10-23-20(18)29-21/h4-10H,11-15H2,1-3H3. The van der Waals surface area contributed by atoms with Crippen LogP contribution in [0.3, 0.4) is 0 Å². The minimum atomic E-state index is 0.0236. The van der Waals surface area contributed by atoms with Crippen LogP contribution in [0.1, 0.15) is 26.3 Å². The second kappa shape index (κ2) is 7.99. The fraction of sp³-hybridized carbons (Fsp3) is 0.409. The molecule has 1 aliphatic rings. The third-order valence-electron chi connectivity index (χ3n) is 5.14. The van der Waals surface area contributed by atoms with Crippen molar-refractivity contribution in [2.75, 3.05) is 37.7 Å². The number of hydrogen-bond donors (Lipinski definition) is 0. The normalized spacial score (nSPS) is 15.0. The molecule has 4 rings (SSSR count). The van der Waals surface area contributed by atoms with Crippen molar-refractivity contribution < 1.29 is 9.53 Å². The quantitative estimate of drug-likeness (QED) is 0.656. The van der Waals surface area contributed by atoms with Gasteiger partial charge in [-0.05, 0) is 35.2 Å². The summed E-state index contributed by atoms with van der Waals surface area (Å²) in [5.74, 6) is 0.752. The molecule has 1 aromatic carbocycles. The number of nitrogens with zero attached hydrogens (tertiary/aromatic N) is 4. The maximum absolute atomic E-state index is 12.5. The monoisotopic (exact) mass is 410 g/mol. The van der Waals surface area contributed by atoms with Gasteiger partial charge in [-0.3, -0.25) is 4.79 Å². The van der Waals surface area contributed by atoms with Crippen LogP contribution in [0.15, 0.2) is 42.6 Å². The number of thiazole rings is 1. The average Bonchev–Trinajstić information content (AvgIpc) is 3.16. The first-order valence-electron chi connectivity index (χ1n) is 9.88. The lowest BCUT2D eigenvalue weighted by Crippen LogP contribution is -2.50. The Hall–Kier alpha value is -2.67. The highest BCUT2D eigenvalue weighted by molar-refractivity contribution is 7.21. The van der Waals surface area contributed by atoms with Crippen molar-refractivity contribution in [1.82, 2.24) is 14.9 Å². The zero-order valence-corrected chi connectivity index (χ0v) is 17.9. The van der Waals surface area contributed by atoms with E-state index in [2.05, 4.69) is 47.8 Å². The molecule has 6 nitrogen and oxygen atoms in total. The second-order valence-electron chi connectivity index (χ2n) is 8.26. The minimum Gasteiger partial charge on any atom is -0.484 e. The summed E-state index contributed by atoms with van der Waals surface area (Å²) in [5.41, 5.74) is 2.28. The molecule has 2 aromatic heterocycles. The predicted octanol–water partition coefficient (Wildman–Crippen LogP) is 3.72. The van der Waals surface area contributed by atoms with E-state index in [-0.39, 0.29) is 17.9 Å². The summed E-state index contributed by atoms with van der Waals surface area (Å²) in [6, 6.07) is 11.9. The summed E-state index contributed by atoms with van der Waals surface area (Å²) in [6.45, 7) is 9.49. The van der Waals surface area contributed by atoms with Gasteiger partial charge in [-0.15, -0.1) is 0 Å². The zero-order valence-electron chi connectivity index (χ0n) is 17.1. The van der Waals surface area contributed by atoms with Gasteiger partial charge >= 0.3 is 0 Å². The molecule has 1 saturated heterocycles. The van der Waals surface area contributed by atoms with Gasteiger partial charge in [0.1, 0.15) is 16.1 Å². The van der Waals surface area contributed by atoms with Crippen LogP contribution in [0, 0.1) is 0 Å². The fourth-order valence-electron chi connectivity index (χ4n) is 3.33. The summed E-state index contributed by atoms with van der Waals surface area (Å²) in [5, 5.41) is 0.973. The molecule has 0 saturated carbocycles. The van der Waals surface area contributed by atoms with Crippen LogP contribution in [0.2, 0.25) is 0 Å². The van der Waals surface area contributed by atoms with Crippen LogP contribution in [0.25, 0.3) is 10.3 Å². The number of fused-ring (bicyclic) bond motifs is 1. The molecule has 152 valence electrons. The SMILES string of the molecule is CC(C)(C)c1ccc(OCC(=O)N2CCN(c3nc4cccnc4s3)CC2)cc1. The van der Waals surface area contributed by atoms with Crippen molar-refractivity contribution >= 4 is 32.7 Å². The number of hydrogen-bond acceptors (Lipinski definition) is 6. The number of aromatic nitrogens is 2. The number of ether oxygens (including phenoxy) is 1. The first-order valence-corrected chi connectivity index (χ1v) is 10.7. The summed E-state index contributed by atoms with van der Waals surface area (Å²) in [6.07, 6.45) is 1.79.